The van der Waals surface area contributed by atoms with Gasteiger partial charge in [0.05, 0.1) is 11.5 Å². The van der Waals surface area contributed by atoms with Gasteiger partial charge in [-0.2, -0.15) is 0 Å². The van der Waals surface area contributed by atoms with Gasteiger partial charge in [-0.25, -0.2) is 13.1 Å². The maximum Gasteiger partial charge on any atom is 0.240 e. The van der Waals surface area contributed by atoms with Crippen molar-refractivity contribution in [3.05, 3.63) is 59.1 Å². The van der Waals surface area contributed by atoms with Gasteiger partial charge in [0, 0.05) is 11.6 Å². The number of nitrogens with one attached hydrogen (secondary N) is 1. The Labute approximate surface area is 129 Å². The second-order valence-electron chi connectivity index (χ2n) is 4.36. The number of hydrogen-bond acceptors (Lipinski definition) is 3. The van der Waals surface area contributed by atoms with Crippen molar-refractivity contribution >= 4 is 21.6 Å². The molecule has 2 rings (SSSR count). The fourth-order valence-corrected chi connectivity index (χ4v) is 3.08. The van der Waals surface area contributed by atoms with Crippen LogP contribution in [0.5, 0.6) is 5.75 Å². The standard InChI is InChI=1S/C15H16ClNO3S/c1-2-20-14-8-6-12(7-9-14)11-17-21(18,19)15-5-3-4-13(16)10-15/h3-10,17H,2,11H2,1H3. The molecule has 2 aromatic rings. The number of halogens is 1. The molecule has 0 saturated carbocycles. The minimum absolute atomic E-state index is 0.154. The van der Waals surface area contributed by atoms with Crippen LogP contribution < -0.4 is 9.46 Å². The summed E-state index contributed by atoms with van der Waals surface area (Å²) in [5.41, 5.74) is 0.851. The molecule has 0 unspecified atom stereocenters. The van der Waals surface area contributed by atoms with E-state index in [-0.39, 0.29) is 11.4 Å². The Kier molecular flexibility index (Phi) is 5.22. The summed E-state index contributed by atoms with van der Waals surface area (Å²) in [5, 5.41) is 0.388. The Morgan fingerprint density at radius 2 is 1.86 bits per heavy atom. The van der Waals surface area contributed by atoms with Gasteiger partial charge in [0.1, 0.15) is 5.75 Å². The minimum Gasteiger partial charge on any atom is -0.494 e. The molecule has 0 aliphatic heterocycles. The van der Waals surface area contributed by atoms with Gasteiger partial charge in [0.25, 0.3) is 0 Å². The molecule has 0 saturated heterocycles. The fourth-order valence-electron chi connectivity index (χ4n) is 1.77. The third kappa shape index (κ3) is 4.46. The van der Waals surface area contributed by atoms with Crippen molar-refractivity contribution in [2.24, 2.45) is 0 Å². The van der Waals surface area contributed by atoms with E-state index in [1.807, 2.05) is 31.2 Å². The Morgan fingerprint density at radius 1 is 1.14 bits per heavy atom. The summed E-state index contributed by atoms with van der Waals surface area (Å²) in [7, 11) is -3.57. The smallest absolute Gasteiger partial charge is 0.240 e. The van der Waals surface area contributed by atoms with Gasteiger partial charge in [-0.05, 0) is 42.8 Å². The topological polar surface area (TPSA) is 55.4 Å². The van der Waals surface area contributed by atoms with Gasteiger partial charge in [-0.15, -0.1) is 0 Å². The van der Waals surface area contributed by atoms with Crippen molar-refractivity contribution in [3.8, 4) is 5.75 Å². The number of sulfonamides is 1. The summed E-state index contributed by atoms with van der Waals surface area (Å²) in [5.74, 6) is 0.763. The van der Waals surface area contributed by atoms with E-state index in [0.29, 0.717) is 11.6 Å². The first kappa shape index (κ1) is 15.8. The van der Waals surface area contributed by atoms with Crippen molar-refractivity contribution < 1.29 is 13.2 Å². The molecule has 0 atom stereocenters. The van der Waals surface area contributed by atoms with Crippen molar-refractivity contribution in [2.75, 3.05) is 6.61 Å². The zero-order chi connectivity index (χ0) is 15.3. The molecule has 0 aliphatic carbocycles. The summed E-state index contributed by atoms with van der Waals surface area (Å²) in [6, 6.07) is 13.4. The van der Waals surface area contributed by atoms with Crippen LogP contribution in [0.2, 0.25) is 5.02 Å². The molecule has 21 heavy (non-hydrogen) atoms. The SMILES string of the molecule is CCOc1ccc(CNS(=O)(=O)c2cccc(Cl)c2)cc1. The van der Waals surface area contributed by atoms with Crippen LogP contribution in [-0.2, 0) is 16.6 Å². The summed E-state index contributed by atoms with van der Waals surface area (Å²) < 4.78 is 32.1. The van der Waals surface area contributed by atoms with E-state index in [4.69, 9.17) is 16.3 Å². The first-order valence-corrected chi connectivity index (χ1v) is 8.34. The number of rotatable bonds is 6. The molecular formula is C15H16ClNO3S. The minimum atomic E-state index is -3.57. The third-order valence-corrected chi connectivity index (χ3v) is 4.44. The lowest BCUT2D eigenvalue weighted by atomic mass is 10.2. The highest BCUT2D eigenvalue weighted by Crippen LogP contribution is 2.16. The largest absolute Gasteiger partial charge is 0.494 e. The van der Waals surface area contributed by atoms with E-state index in [1.165, 1.54) is 12.1 Å². The second kappa shape index (κ2) is 6.93. The Hall–Kier alpha value is -1.56. The Morgan fingerprint density at radius 3 is 2.48 bits per heavy atom. The highest BCUT2D eigenvalue weighted by atomic mass is 35.5. The van der Waals surface area contributed by atoms with E-state index in [2.05, 4.69) is 4.72 Å². The Balaban J connectivity index is 2.04. The summed E-state index contributed by atoms with van der Waals surface area (Å²) in [6.07, 6.45) is 0. The number of benzene rings is 2. The van der Waals surface area contributed by atoms with Gasteiger partial charge in [0.15, 0.2) is 0 Å². The van der Waals surface area contributed by atoms with E-state index in [1.54, 1.807) is 12.1 Å². The highest BCUT2D eigenvalue weighted by Gasteiger charge is 2.13. The molecule has 0 aliphatic rings. The highest BCUT2D eigenvalue weighted by molar-refractivity contribution is 7.89. The van der Waals surface area contributed by atoms with E-state index < -0.39 is 10.0 Å². The molecule has 6 heteroatoms. The quantitative estimate of drug-likeness (QED) is 0.887. The van der Waals surface area contributed by atoms with Crippen LogP contribution >= 0.6 is 11.6 Å². The van der Waals surface area contributed by atoms with Crippen LogP contribution in [0.25, 0.3) is 0 Å². The Bertz CT molecular complexity index is 699. The lowest BCUT2D eigenvalue weighted by molar-refractivity contribution is 0.340. The van der Waals surface area contributed by atoms with Gasteiger partial charge < -0.3 is 4.74 Å². The van der Waals surface area contributed by atoms with Crippen LogP contribution in [0.3, 0.4) is 0 Å². The number of ether oxygens (including phenoxy) is 1. The molecule has 0 fully saturated rings. The normalized spacial score (nSPS) is 11.3. The lowest BCUT2D eigenvalue weighted by Gasteiger charge is -2.08. The molecule has 4 nitrogen and oxygen atoms in total. The molecule has 0 aromatic heterocycles. The monoisotopic (exact) mass is 325 g/mol. The second-order valence-corrected chi connectivity index (χ2v) is 6.56. The van der Waals surface area contributed by atoms with Gasteiger partial charge >= 0.3 is 0 Å². The molecule has 0 heterocycles. The number of hydrogen-bond donors (Lipinski definition) is 1. The molecule has 1 N–H and O–H groups in total. The third-order valence-electron chi connectivity index (χ3n) is 2.81. The first-order chi connectivity index (χ1) is 10.0. The van der Waals surface area contributed by atoms with E-state index in [0.717, 1.165) is 11.3 Å². The van der Waals surface area contributed by atoms with Crippen LogP contribution in [0, 0.1) is 0 Å². The predicted octanol–water partition coefficient (Wildman–Crippen LogP) is 3.22. The molecule has 112 valence electrons. The maximum atomic E-state index is 12.1. The summed E-state index contributed by atoms with van der Waals surface area (Å²) >= 11 is 5.81. The average molecular weight is 326 g/mol. The van der Waals surface area contributed by atoms with Gasteiger partial charge in [0.2, 0.25) is 10.0 Å². The van der Waals surface area contributed by atoms with Gasteiger partial charge in [-0.1, -0.05) is 29.8 Å². The molecular weight excluding hydrogens is 310 g/mol. The van der Waals surface area contributed by atoms with Crippen molar-refractivity contribution in [3.63, 3.8) is 0 Å². The fraction of sp³-hybridized carbons (Fsp3) is 0.200. The van der Waals surface area contributed by atoms with E-state index in [9.17, 15) is 8.42 Å². The molecule has 0 radical (unpaired) electrons. The van der Waals surface area contributed by atoms with Crippen LogP contribution in [0.4, 0.5) is 0 Å². The van der Waals surface area contributed by atoms with Gasteiger partial charge in [-0.3, -0.25) is 0 Å². The molecule has 0 spiro atoms. The van der Waals surface area contributed by atoms with Crippen LogP contribution in [0.1, 0.15) is 12.5 Å². The summed E-state index contributed by atoms with van der Waals surface area (Å²) in [6.45, 7) is 2.72. The van der Waals surface area contributed by atoms with E-state index >= 15 is 0 Å². The first-order valence-electron chi connectivity index (χ1n) is 6.48. The molecule has 0 amide bonds. The maximum absolute atomic E-state index is 12.1. The zero-order valence-corrected chi connectivity index (χ0v) is 13.1. The van der Waals surface area contributed by atoms with Crippen molar-refractivity contribution in [1.29, 1.82) is 0 Å². The molecule has 0 bridgehead atoms. The lowest BCUT2D eigenvalue weighted by Crippen LogP contribution is -2.23. The van der Waals surface area contributed by atoms with Crippen molar-refractivity contribution in [2.45, 2.75) is 18.4 Å². The molecule has 2 aromatic carbocycles. The van der Waals surface area contributed by atoms with Crippen LogP contribution in [0.15, 0.2) is 53.4 Å². The predicted molar refractivity (Wildman–Crippen MR) is 83.1 cm³/mol. The average Bonchev–Trinajstić information content (AvgIpc) is 2.47. The zero-order valence-electron chi connectivity index (χ0n) is 11.5. The van der Waals surface area contributed by atoms with Crippen molar-refractivity contribution in [1.82, 2.24) is 4.72 Å². The summed E-state index contributed by atoms with van der Waals surface area (Å²) in [4.78, 5) is 0.154. The van der Waals surface area contributed by atoms with Crippen LogP contribution in [-0.4, -0.2) is 15.0 Å².